The highest BCUT2D eigenvalue weighted by Gasteiger charge is 2.30. The topological polar surface area (TPSA) is 53.5 Å². The second kappa shape index (κ2) is 6.68. The fraction of sp³-hybridized carbons (Fsp3) is 0.438. The number of rotatable bonds is 5. The molecular weight excluding hydrogens is 330 g/mol. The summed E-state index contributed by atoms with van der Waals surface area (Å²) >= 11 is 1.58. The van der Waals surface area contributed by atoms with Crippen molar-refractivity contribution in [3.05, 3.63) is 51.5 Å². The molecule has 5 nitrogen and oxygen atoms in total. The van der Waals surface area contributed by atoms with Crippen molar-refractivity contribution >= 4 is 21.5 Å². The van der Waals surface area contributed by atoms with E-state index in [1.54, 1.807) is 22.7 Å². The van der Waals surface area contributed by atoms with Gasteiger partial charge < -0.3 is 0 Å². The number of aryl methyl sites for hydroxylation is 1. The molecule has 0 unspecified atom stereocenters. The van der Waals surface area contributed by atoms with Crippen LogP contribution in [-0.2, 0) is 36.1 Å². The number of fused-ring (bicyclic) bond motifs is 1. The van der Waals surface area contributed by atoms with E-state index >= 15 is 0 Å². The minimum Gasteiger partial charge on any atom is -0.245 e. The van der Waals surface area contributed by atoms with Gasteiger partial charge in [0.25, 0.3) is 10.2 Å². The van der Waals surface area contributed by atoms with E-state index in [4.69, 9.17) is 0 Å². The zero-order chi connectivity index (χ0) is 16.4. The van der Waals surface area contributed by atoms with Crippen LogP contribution in [0.1, 0.15) is 28.8 Å². The van der Waals surface area contributed by atoms with Crippen LogP contribution in [0.4, 0.5) is 0 Å². The first kappa shape index (κ1) is 16.6. The Balaban J connectivity index is 1.73. The molecule has 0 fully saturated rings. The van der Waals surface area contributed by atoms with Crippen LogP contribution in [0, 0.1) is 0 Å². The van der Waals surface area contributed by atoms with E-state index in [-0.39, 0.29) is 0 Å². The van der Waals surface area contributed by atoms with Crippen LogP contribution in [0.3, 0.4) is 0 Å². The smallest absolute Gasteiger partial charge is 0.245 e. The van der Waals surface area contributed by atoms with Gasteiger partial charge in [-0.15, -0.1) is 11.3 Å². The summed E-state index contributed by atoms with van der Waals surface area (Å²) in [6.45, 7) is 3.34. The van der Waals surface area contributed by atoms with Crippen LogP contribution >= 0.6 is 11.3 Å². The molecule has 0 atom stereocenters. The first-order valence-corrected chi connectivity index (χ1v) is 10.00. The van der Waals surface area contributed by atoms with Gasteiger partial charge in [0.2, 0.25) is 0 Å². The quantitative estimate of drug-likeness (QED) is 0.831. The second-order valence-corrected chi connectivity index (χ2v) is 8.68. The molecule has 1 aliphatic heterocycles. The van der Waals surface area contributed by atoms with Gasteiger partial charge in [-0.3, -0.25) is 0 Å². The average Bonchev–Trinajstić information content (AvgIpc) is 3.02. The van der Waals surface area contributed by atoms with E-state index in [1.807, 2.05) is 30.5 Å². The molecule has 1 aromatic carbocycles. The van der Waals surface area contributed by atoms with Crippen molar-refractivity contribution in [3.63, 3.8) is 0 Å². The highest BCUT2D eigenvalue weighted by molar-refractivity contribution is 7.86. The third kappa shape index (κ3) is 3.47. The number of hydrogen-bond donors (Lipinski definition) is 0. The predicted molar refractivity (Wildman–Crippen MR) is 92.4 cm³/mol. The van der Waals surface area contributed by atoms with Crippen molar-refractivity contribution in [2.75, 3.05) is 13.6 Å². The second-order valence-electron chi connectivity index (χ2n) is 5.70. The predicted octanol–water partition coefficient (Wildman–Crippen LogP) is 2.44. The summed E-state index contributed by atoms with van der Waals surface area (Å²) in [4.78, 5) is 4.46. The van der Waals surface area contributed by atoms with E-state index in [0.29, 0.717) is 19.6 Å². The minimum absolute atomic E-state index is 0.316. The van der Waals surface area contributed by atoms with Gasteiger partial charge in [0, 0.05) is 25.5 Å². The Kier molecular flexibility index (Phi) is 4.82. The highest BCUT2D eigenvalue weighted by atomic mass is 32.2. The Hall–Kier alpha value is -1.28. The maximum atomic E-state index is 12.8. The van der Waals surface area contributed by atoms with Gasteiger partial charge in [-0.05, 0) is 24.0 Å². The molecular formula is C16H21N3O2S2. The lowest BCUT2D eigenvalue weighted by Crippen LogP contribution is -2.44. The van der Waals surface area contributed by atoms with Gasteiger partial charge in [0.05, 0.1) is 17.2 Å². The number of thiazole rings is 1. The molecule has 0 saturated heterocycles. The van der Waals surface area contributed by atoms with E-state index in [9.17, 15) is 8.42 Å². The summed E-state index contributed by atoms with van der Waals surface area (Å²) in [5.74, 6) is 0. The van der Waals surface area contributed by atoms with Crippen LogP contribution < -0.4 is 0 Å². The Bertz CT molecular complexity index is 786. The third-order valence-electron chi connectivity index (χ3n) is 4.10. The maximum Gasteiger partial charge on any atom is 0.282 e. The lowest BCUT2D eigenvalue weighted by Gasteiger charge is -2.31. The molecule has 23 heavy (non-hydrogen) atoms. The molecule has 0 aliphatic carbocycles. The lowest BCUT2D eigenvalue weighted by molar-refractivity contribution is 0.341. The van der Waals surface area contributed by atoms with Crippen LogP contribution in [0.25, 0.3) is 0 Å². The highest BCUT2D eigenvalue weighted by Crippen LogP contribution is 2.23. The van der Waals surface area contributed by atoms with Crippen molar-refractivity contribution in [1.82, 2.24) is 13.6 Å². The summed E-state index contributed by atoms with van der Waals surface area (Å²) in [6.07, 6.45) is 1.64. The summed E-state index contributed by atoms with van der Waals surface area (Å²) in [5, 5.41) is 2.98. The normalized spacial score (nSPS) is 15.8. The van der Waals surface area contributed by atoms with Crippen molar-refractivity contribution in [2.45, 2.75) is 32.9 Å². The molecule has 0 saturated carbocycles. The van der Waals surface area contributed by atoms with Crippen LogP contribution in [0.15, 0.2) is 29.6 Å². The van der Waals surface area contributed by atoms with Crippen LogP contribution in [0.5, 0.6) is 0 Å². The number of aromatic nitrogens is 1. The monoisotopic (exact) mass is 351 g/mol. The first-order chi connectivity index (χ1) is 11.0. The van der Waals surface area contributed by atoms with E-state index in [2.05, 4.69) is 11.1 Å². The SMILES string of the molecule is CCc1nc(CN(C)S(=O)(=O)N2CCc3ccccc3C2)cs1. The zero-order valence-electron chi connectivity index (χ0n) is 13.4. The van der Waals surface area contributed by atoms with Gasteiger partial charge in [0.15, 0.2) is 0 Å². The van der Waals surface area contributed by atoms with Crippen molar-refractivity contribution in [2.24, 2.45) is 0 Å². The third-order valence-corrected chi connectivity index (χ3v) is 7.03. The minimum atomic E-state index is -3.47. The number of benzene rings is 1. The van der Waals surface area contributed by atoms with E-state index in [1.165, 1.54) is 9.87 Å². The molecule has 0 bridgehead atoms. The fourth-order valence-corrected chi connectivity index (χ4v) is 4.81. The number of nitrogens with zero attached hydrogens (tertiary/aromatic N) is 3. The Morgan fingerprint density at radius 3 is 2.74 bits per heavy atom. The molecule has 124 valence electrons. The van der Waals surface area contributed by atoms with Crippen LogP contribution in [-0.4, -0.2) is 35.6 Å². The average molecular weight is 351 g/mol. The summed E-state index contributed by atoms with van der Waals surface area (Å²) in [5.41, 5.74) is 3.15. The standard InChI is InChI=1S/C16H21N3O2S2/c1-3-16-17-15(12-22-16)11-18(2)23(20,21)19-9-8-13-6-4-5-7-14(13)10-19/h4-7,12H,3,8-11H2,1-2H3. The van der Waals surface area contributed by atoms with Crippen LogP contribution in [0.2, 0.25) is 0 Å². The first-order valence-electron chi connectivity index (χ1n) is 7.72. The Morgan fingerprint density at radius 1 is 1.30 bits per heavy atom. The molecule has 0 N–H and O–H groups in total. The van der Waals surface area contributed by atoms with Crippen molar-refractivity contribution in [3.8, 4) is 0 Å². The Morgan fingerprint density at radius 2 is 2.04 bits per heavy atom. The molecule has 0 radical (unpaired) electrons. The summed E-state index contributed by atoms with van der Waals surface area (Å²) in [7, 11) is -1.84. The molecule has 1 aromatic heterocycles. The van der Waals surface area contributed by atoms with Crippen molar-refractivity contribution in [1.29, 1.82) is 0 Å². The summed E-state index contributed by atoms with van der Waals surface area (Å²) < 4.78 is 28.6. The molecule has 2 aromatic rings. The molecule has 7 heteroatoms. The van der Waals surface area contributed by atoms with Gasteiger partial charge in [-0.1, -0.05) is 31.2 Å². The van der Waals surface area contributed by atoms with E-state index in [0.717, 1.165) is 29.1 Å². The molecule has 1 aliphatic rings. The van der Waals surface area contributed by atoms with Gasteiger partial charge >= 0.3 is 0 Å². The van der Waals surface area contributed by atoms with Gasteiger partial charge in [-0.2, -0.15) is 17.0 Å². The van der Waals surface area contributed by atoms with Crippen molar-refractivity contribution < 1.29 is 8.42 Å². The zero-order valence-corrected chi connectivity index (χ0v) is 15.0. The summed E-state index contributed by atoms with van der Waals surface area (Å²) in [6, 6.07) is 8.04. The molecule has 0 spiro atoms. The lowest BCUT2D eigenvalue weighted by atomic mass is 10.0. The molecule has 0 amide bonds. The van der Waals surface area contributed by atoms with E-state index < -0.39 is 10.2 Å². The maximum absolute atomic E-state index is 12.8. The van der Waals surface area contributed by atoms with Gasteiger partial charge in [-0.25, -0.2) is 4.98 Å². The Labute approximate surface area is 141 Å². The largest absolute Gasteiger partial charge is 0.282 e. The molecule has 3 rings (SSSR count). The number of hydrogen-bond acceptors (Lipinski definition) is 4. The van der Waals surface area contributed by atoms with Gasteiger partial charge in [0.1, 0.15) is 0 Å². The fourth-order valence-electron chi connectivity index (χ4n) is 2.76. The molecule has 2 heterocycles.